The van der Waals surface area contributed by atoms with Crippen LogP contribution in [0.3, 0.4) is 0 Å². The third-order valence-electron chi connectivity index (χ3n) is 1.88. The lowest BCUT2D eigenvalue weighted by Crippen LogP contribution is -2.01. The van der Waals surface area contributed by atoms with Gasteiger partial charge in [-0.05, 0) is 25.8 Å². The standard InChI is InChI=1S/C10H14O3S/c1-7(11)3-4-9-5-8(6-14-9)10(12)13-2/h5-7,11H,3-4H2,1-2H3. The number of aliphatic hydroxyl groups is 1. The van der Waals surface area contributed by atoms with E-state index in [9.17, 15) is 4.79 Å². The largest absolute Gasteiger partial charge is 0.465 e. The Hall–Kier alpha value is -0.870. The van der Waals surface area contributed by atoms with Gasteiger partial charge in [0.25, 0.3) is 0 Å². The Kier molecular flexibility index (Phi) is 4.10. The molecule has 0 aliphatic carbocycles. The molecule has 1 N–H and O–H groups in total. The Morgan fingerprint density at radius 3 is 3.00 bits per heavy atom. The quantitative estimate of drug-likeness (QED) is 0.778. The van der Waals surface area contributed by atoms with Crippen molar-refractivity contribution in [2.45, 2.75) is 25.9 Å². The van der Waals surface area contributed by atoms with Gasteiger partial charge in [0.1, 0.15) is 0 Å². The highest BCUT2D eigenvalue weighted by atomic mass is 32.1. The fraction of sp³-hybridized carbons (Fsp3) is 0.500. The van der Waals surface area contributed by atoms with Gasteiger partial charge in [0, 0.05) is 10.3 Å². The molecule has 0 saturated carbocycles. The molecule has 1 aromatic heterocycles. The van der Waals surface area contributed by atoms with E-state index in [1.165, 1.54) is 18.4 Å². The van der Waals surface area contributed by atoms with Crippen LogP contribution >= 0.6 is 11.3 Å². The monoisotopic (exact) mass is 214 g/mol. The van der Waals surface area contributed by atoms with Gasteiger partial charge in [-0.2, -0.15) is 0 Å². The molecule has 1 unspecified atom stereocenters. The van der Waals surface area contributed by atoms with Crippen LogP contribution in [0.15, 0.2) is 11.4 Å². The van der Waals surface area contributed by atoms with E-state index in [2.05, 4.69) is 4.74 Å². The number of thiophene rings is 1. The summed E-state index contributed by atoms with van der Waals surface area (Å²) in [7, 11) is 1.37. The van der Waals surface area contributed by atoms with Gasteiger partial charge in [-0.15, -0.1) is 11.3 Å². The van der Waals surface area contributed by atoms with E-state index in [1.54, 1.807) is 12.3 Å². The van der Waals surface area contributed by atoms with Crippen molar-refractivity contribution >= 4 is 17.3 Å². The number of carbonyl (C=O) groups is 1. The molecule has 0 spiro atoms. The van der Waals surface area contributed by atoms with Gasteiger partial charge < -0.3 is 9.84 Å². The van der Waals surface area contributed by atoms with Crippen LogP contribution in [-0.2, 0) is 11.2 Å². The second-order valence-electron chi connectivity index (χ2n) is 3.18. The van der Waals surface area contributed by atoms with Crippen molar-refractivity contribution in [3.05, 3.63) is 21.9 Å². The average Bonchev–Trinajstić information content (AvgIpc) is 2.62. The predicted octanol–water partition coefficient (Wildman–Crippen LogP) is 1.85. The normalized spacial score (nSPS) is 12.5. The Labute approximate surface area is 87.3 Å². The molecular weight excluding hydrogens is 200 g/mol. The van der Waals surface area contributed by atoms with Crippen molar-refractivity contribution in [3.63, 3.8) is 0 Å². The average molecular weight is 214 g/mol. The van der Waals surface area contributed by atoms with Crippen molar-refractivity contribution in [2.75, 3.05) is 7.11 Å². The van der Waals surface area contributed by atoms with Crippen molar-refractivity contribution in [1.29, 1.82) is 0 Å². The van der Waals surface area contributed by atoms with Crippen LogP contribution < -0.4 is 0 Å². The summed E-state index contributed by atoms with van der Waals surface area (Å²) in [4.78, 5) is 12.2. The van der Waals surface area contributed by atoms with Crippen LogP contribution in [0, 0.1) is 0 Å². The Balaban J connectivity index is 2.55. The molecule has 1 rings (SSSR count). The lowest BCUT2D eigenvalue weighted by molar-refractivity contribution is 0.0601. The molecule has 0 fully saturated rings. The summed E-state index contributed by atoms with van der Waals surface area (Å²) in [5, 5.41) is 10.9. The Morgan fingerprint density at radius 2 is 2.43 bits per heavy atom. The summed E-state index contributed by atoms with van der Waals surface area (Å²) in [6.07, 6.45) is 1.24. The van der Waals surface area contributed by atoms with Crippen LogP contribution in [0.1, 0.15) is 28.6 Å². The first-order valence-electron chi connectivity index (χ1n) is 4.47. The Morgan fingerprint density at radius 1 is 1.71 bits per heavy atom. The third kappa shape index (κ3) is 3.12. The van der Waals surface area contributed by atoms with Gasteiger partial charge in [0.15, 0.2) is 0 Å². The molecule has 1 aromatic rings. The van der Waals surface area contributed by atoms with Gasteiger partial charge in [-0.3, -0.25) is 0 Å². The van der Waals surface area contributed by atoms with Gasteiger partial charge in [-0.1, -0.05) is 0 Å². The summed E-state index contributed by atoms with van der Waals surface area (Å²) in [5.41, 5.74) is 0.595. The molecule has 1 atom stereocenters. The first-order chi connectivity index (χ1) is 6.63. The zero-order valence-electron chi connectivity index (χ0n) is 8.32. The van der Waals surface area contributed by atoms with E-state index in [-0.39, 0.29) is 12.1 Å². The maximum absolute atomic E-state index is 11.1. The number of rotatable bonds is 4. The van der Waals surface area contributed by atoms with Crippen molar-refractivity contribution in [2.24, 2.45) is 0 Å². The SMILES string of the molecule is COC(=O)c1csc(CCC(C)O)c1. The van der Waals surface area contributed by atoms with E-state index in [4.69, 9.17) is 5.11 Å². The van der Waals surface area contributed by atoms with Crippen molar-refractivity contribution in [1.82, 2.24) is 0 Å². The molecule has 0 radical (unpaired) electrons. The zero-order chi connectivity index (χ0) is 10.6. The minimum absolute atomic E-state index is 0.293. The number of hydrogen-bond donors (Lipinski definition) is 1. The zero-order valence-corrected chi connectivity index (χ0v) is 9.13. The summed E-state index contributed by atoms with van der Waals surface area (Å²) < 4.78 is 4.59. The second kappa shape index (κ2) is 5.12. The molecule has 0 aliphatic rings. The highest BCUT2D eigenvalue weighted by Gasteiger charge is 2.08. The fourth-order valence-electron chi connectivity index (χ4n) is 1.09. The second-order valence-corrected chi connectivity index (χ2v) is 4.18. The van der Waals surface area contributed by atoms with Gasteiger partial charge in [0.05, 0.1) is 18.8 Å². The summed E-state index contributed by atoms with van der Waals surface area (Å²) in [6.45, 7) is 1.76. The maximum atomic E-state index is 11.1. The van der Waals surface area contributed by atoms with Gasteiger partial charge in [-0.25, -0.2) is 4.79 Å². The fourth-order valence-corrected chi connectivity index (χ4v) is 1.96. The predicted molar refractivity (Wildman–Crippen MR) is 55.7 cm³/mol. The van der Waals surface area contributed by atoms with E-state index < -0.39 is 0 Å². The van der Waals surface area contributed by atoms with E-state index in [1.807, 2.05) is 6.07 Å². The first kappa shape index (κ1) is 11.2. The topological polar surface area (TPSA) is 46.5 Å². The minimum Gasteiger partial charge on any atom is -0.465 e. The molecule has 14 heavy (non-hydrogen) atoms. The van der Waals surface area contributed by atoms with Crippen LogP contribution in [0.5, 0.6) is 0 Å². The molecule has 1 heterocycles. The van der Waals surface area contributed by atoms with Crippen LogP contribution in [0.4, 0.5) is 0 Å². The lowest BCUT2D eigenvalue weighted by atomic mass is 10.2. The highest BCUT2D eigenvalue weighted by molar-refractivity contribution is 7.10. The molecule has 0 bridgehead atoms. The highest BCUT2D eigenvalue weighted by Crippen LogP contribution is 2.17. The van der Waals surface area contributed by atoms with E-state index in [0.717, 1.165) is 17.7 Å². The lowest BCUT2D eigenvalue weighted by Gasteiger charge is -2.00. The number of carbonyl (C=O) groups excluding carboxylic acids is 1. The van der Waals surface area contributed by atoms with Crippen LogP contribution in [0.2, 0.25) is 0 Å². The van der Waals surface area contributed by atoms with Gasteiger partial charge >= 0.3 is 5.97 Å². The first-order valence-corrected chi connectivity index (χ1v) is 5.35. The summed E-state index contributed by atoms with van der Waals surface area (Å²) >= 11 is 1.52. The summed E-state index contributed by atoms with van der Waals surface area (Å²) in [5.74, 6) is -0.301. The third-order valence-corrected chi connectivity index (χ3v) is 2.88. The number of methoxy groups -OCH3 is 1. The molecule has 78 valence electrons. The summed E-state index contributed by atoms with van der Waals surface area (Å²) in [6, 6.07) is 1.82. The van der Waals surface area contributed by atoms with E-state index in [0.29, 0.717) is 5.56 Å². The molecule has 4 heteroatoms. The number of ether oxygens (including phenoxy) is 1. The molecular formula is C10H14O3S. The number of esters is 1. The Bertz CT molecular complexity index is 304. The smallest absolute Gasteiger partial charge is 0.338 e. The molecule has 0 saturated heterocycles. The van der Waals surface area contributed by atoms with Crippen molar-refractivity contribution < 1.29 is 14.6 Å². The molecule has 3 nitrogen and oxygen atoms in total. The number of aryl methyl sites for hydroxylation is 1. The maximum Gasteiger partial charge on any atom is 0.338 e. The molecule has 0 aromatic carbocycles. The van der Waals surface area contributed by atoms with Gasteiger partial charge in [0.2, 0.25) is 0 Å². The molecule has 0 aliphatic heterocycles. The van der Waals surface area contributed by atoms with Crippen molar-refractivity contribution in [3.8, 4) is 0 Å². The van der Waals surface area contributed by atoms with E-state index >= 15 is 0 Å². The van der Waals surface area contributed by atoms with Crippen LogP contribution in [0.25, 0.3) is 0 Å². The van der Waals surface area contributed by atoms with Crippen LogP contribution in [-0.4, -0.2) is 24.3 Å². The number of aliphatic hydroxyl groups excluding tert-OH is 1. The minimum atomic E-state index is -0.301. The molecule has 0 amide bonds. The number of hydrogen-bond acceptors (Lipinski definition) is 4.